The number of amides is 1. The van der Waals surface area contributed by atoms with Crippen LogP contribution in [0.3, 0.4) is 0 Å². The fourth-order valence-electron chi connectivity index (χ4n) is 1.84. The Bertz CT molecular complexity index is 450. The van der Waals surface area contributed by atoms with Crippen LogP contribution in [-0.4, -0.2) is 23.9 Å². The maximum atomic E-state index is 12.7. The summed E-state index contributed by atoms with van der Waals surface area (Å²) in [6.45, 7) is 4.78. The molecule has 1 rings (SSSR count). The molecule has 0 unspecified atom stereocenters. The van der Waals surface area contributed by atoms with Crippen molar-refractivity contribution in [3.8, 4) is 6.07 Å². The summed E-state index contributed by atoms with van der Waals surface area (Å²) in [4.78, 5) is 13.7. The summed E-state index contributed by atoms with van der Waals surface area (Å²) in [5, 5.41) is 8.77. The van der Waals surface area contributed by atoms with E-state index in [4.69, 9.17) is 5.26 Å². The van der Waals surface area contributed by atoms with Crippen LogP contribution in [0, 0.1) is 23.1 Å². The lowest BCUT2D eigenvalue weighted by atomic mass is 10.1. The van der Waals surface area contributed by atoms with Crippen LogP contribution < -0.4 is 0 Å². The lowest BCUT2D eigenvalue weighted by Gasteiger charge is -2.22. The van der Waals surface area contributed by atoms with E-state index in [0.29, 0.717) is 25.9 Å². The van der Waals surface area contributed by atoms with Crippen molar-refractivity contribution in [1.82, 2.24) is 4.90 Å². The average molecular weight is 262 g/mol. The minimum atomic E-state index is -0.270. The third-order valence-corrected chi connectivity index (χ3v) is 2.99. The minimum absolute atomic E-state index is 0.0360. The fraction of sp³-hybridized carbons (Fsp3) is 0.467. The van der Waals surface area contributed by atoms with Gasteiger partial charge < -0.3 is 4.90 Å². The van der Waals surface area contributed by atoms with Crippen molar-refractivity contribution in [2.45, 2.75) is 26.7 Å². The van der Waals surface area contributed by atoms with E-state index in [0.717, 1.165) is 5.56 Å². The number of hydrogen-bond acceptors (Lipinski definition) is 2. The van der Waals surface area contributed by atoms with Gasteiger partial charge in [0.2, 0.25) is 5.91 Å². The summed E-state index contributed by atoms with van der Waals surface area (Å²) in [5.74, 6) is -0.392. The van der Waals surface area contributed by atoms with Gasteiger partial charge in [-0.1, -0.05) is 12.1 Å². The molecule has 3 nitrogen and oxygen atoms in total. The van der Waals surface area contributed by atoms with E-state index >= 15 is 0 Å². The number of halogens is 1. The third-order valence-electron chi connectivity index (χ3n) is 2.99. The predicted octanol–water partition coefficient (Wildman–Crippen LogP) is 2.77. The van der Waals surface area contributed by atoms with Gasteiger partial charge >= 0.3 is 0 Å². The first-order valence-electron chi connectivity index (χ1n) is 6.48. The van der Waals surface area contributed by atoms with Gasteiger partial charge in [-0.25, -0.2) is 4.39 Å². The quantitative estimate of drug-likeness (QED) is 0.791. The Labute approximate surface area is 113 Å². The number of carbonyl (C=O) groups is 1. The molecule has 0 fully saturated rings. The topological polar surface area (TPSA) is 44.1 Å². The Hall–Kier alpha value is -1.89. The molecule has 1 aromatic rings. The second kappa shape index (κ2) is 7.52. The van der Waals surface area contributed by atoms with Crippen LogP contribution in [0.4, 0.5) is 4.39 Å². The molecular formula is C15H19FN2O. The van der Waals surface area contributed by atoms with Crippen molar-refractivity contribution >= 4 is 5.91 Å². The second-order valence-corrected chi connectivity index (χ2v) is 4.59. The SMILES string of the molecule is CCN(C[C@H](C)C#N)C(=O)CCc1ccc(F)cc1. The Morgan fingerprint density at radius 2 is 2.05 bits per heavy atom. The number of aryl methyl sites for hydroxylation is 1. The largest absolute Gasteiger partial charge is 0.342 e. The molecule has 0 bridgehead atoms. The highest BCUT2D eigenvalue weighted by molar-refractivity contribution is 5.76. The van der Waals surface area contributed by atoms with Crippen molar-refractivity contribution < 1.29 is 9.18 Å². The van der Waals surface area contributed by atoms with Gasteiger partial charge in [-0.2, -0.15) is 5.26 Å². The molecule has 0 spiro atoms. The van der Waals surface area contributed by atoms with Crippen LogP contribution >= 0.6 is 0 Å². The molecular weight excluding hydrogens is 243 g/mol. The first kappa shape index (κ1) is 15.2. The highest BCUT2D eigenvalue weighted by atomic mass is 19.1. The predicted molar refractivity (Wildman–Crippen MR) is 71.8 cm³/mol. The molecule has 0 aliphatic heterocycles. The van der Waals surface area contributed by atoms with Gasteiger partial charge in [0.1, 0.15) is 5.82 Å². The van der Waals surface area contributed by atoms with Crippen LogP contribution in [0.15, 0.2) is 24.3 Å². The van der Waals surface area contributed by atoms with E-state index in [2.05, 4.69) is 6.07 Å². The molecule has 0 radical (unpaired) electrons. The van der Waals surface area contributed by atoms with Crippen LogP contribution in [0.1, 0.15) is 25.8 Å². The Morgan fingerprint density at radius 3 is 2.58 bits per heavy atom. The van der Waals surface area contributed by atoms with E-state index in [1.165, 1.54) is 12.1 Å². The maximum Gasteiger partial charge on any atom is 0.222 e. The van der Waals surface area contributed by atoms with Crippen LogP contribution in [0.25, 0.3) is 0 Å². The molecule has 0 aromatic heterocycles. The Morgan fingerprint density at radius 1 is 1.42 bits per heavy atom. The Balaban J connectivity index is 2.49. The fourth-order valence-corrected chi connectivity index (χ4v) is 1.84. The highest BCUT2D eigenvalue weighted by Crippen LogP contribution is 2.08. The molecule has 0 saturated heterocycles. The second-order valence-electron chi connectivity index (χ2n) is 4.59. The summed E-state index contributed by atoms with van der Waals surface area (Å²) in [7, 11) is 0. The Kier molecular flexibility index (Phi) is 6.01. The summed E-state index contributed by atoms with van der Waals surface area (Å²) in [6, 6.07) is 8.31. The van der Waals surface area contributed by atoms with E-state index in [-0.39, 0.29) is 17.6 Å². The number of carbonyl (C=O) groups excluding carboxylic acids is 1. The van der Waals surface area contributed by atoms with Gasteiger partial charge in [0.05, 0.1) is 12.0 Å². The molecule has 1 aromatic carbocycles. The van der Waals surface area contributed by atoms with Gasteiger partial charge in [0, 0.05) is 19.5 Å². The zero-order chi connectivity index (χ0) is 14.3. The molecule has 0 aliphatic carbocycles. The zero-order valence-electron chi connectivity index (χ0n) is 11.4. The zero-order valence-corrected chi connectivity index (χ0v) is 11.4. The molecule has 4 heteroatoms. The van der Waals surface area contributed by atoms with Gasteiger partial charge in [0.15, 0.2) is 0 Å². The van der Waals surface area contributed by atoms with Crippen LogP contribution in [0.2, 0.25) is 0 Å². The first-order chi connectivity index (χ1) is 9.06. The lowest BCUT2D eigenvalue weighted by molar-refractivity contribution is -0.131. The van der Waals surface area contributed by atoms with Crippen molar-refractivity contribution in [2.75, 3.05) is 13.1 Å². The third kappa shape index (κ3) is 5.09. The van der Waals surface area contributed by atoms with Gasteiger partial charge in [-0.15, -0.1) is 0 Å². The number of rotatable bonds is 6. The molecule has 0 N–H and O–H groups in total. The van der Waals surface area contributed by atoms with Crippen molar-refractivity contribution in [3.05, 3.63) is 35.6 Å². The minimum Gasteiger partial charge on any atom is -0.342 e. The van der Waals surface area contributed by atoms with Crippen molar-refractivity contribution in [2.24, 2.45) is 5.92 Å². The van der Waals surface area contributed by atoms with E-state index in [1.54, 1.807) is 24.0 Å². The molecule has 1 atom stereocenters. The highest BCUT2D eigenvalue weighted by Gasteiger charge is 2.14. The molecule has 102 valence electrons. The van der Waals surface area contributed by atoms with E-state index < -0.39 is 0 Å². The average Bonchev–Trinajstić information content (AvgIpc) is 2.43. The lowest BCUT2D eigenvalue weighted by Crippen LogP contribution is -2.34. The first-order valence-corrected chi connectivity index (χ1v) is 6.48. The van der Waals surface area contributed by atoms with Crippen molar-refractivity contribution in [3.63, 3.8) is 0 Å². The number of benzene rings is 1. The van der Waals surface area contributed by atoms with Gasteiger partial charge in [-0.3, -0.25) is 4.79 Å². The van der Waals surface area contributed by atoms with Crippen LogP contribution in [0.5, 0.6) is 0 Å². The maximum absolute atomic E-state index is 12.7. The molecule has 0 aliphatic rings. The normalized spacial score (nSPS) is 11.7. The number of hydrogen-bond donors (Lipinski definition) is 0. The van der Waals surface area contributed by atoms with Gasteiger partial charge in [-0.05, 0) is 38.0 Å². The standard InChI is InChI=1S/C15H19FN2O/c1-3-18(11-12(2)10-17)15(19)9-6-13-4-7-14(16)8-5-13/h4-5,7-8,12H,3,6,9,11H2,1-2H3/t12-/m1/s1. The number of nitrogens with zero attached hydrogens (tertiary/aromatic N) is 2. The summed E-state index contributed by atoms with van der Waals surface area (Å²) in [6.07, 6.45) is 0.980. The summed E-state index contributed by atoms with van der Waals surface area (Å²) >= 11 is 0. The van der Waals surface area contributed by atoms with E-state index in [1.807, 2.05) is 6.92 Å². The summed E-state index contributed by atoms with van der Waals surface area (Å²) < 4.78 is 12.7. The van der Waals surface area contributed by atoms with Crippen LogP contribution in [-0.2, 0) is 11.2 Å². The smallest absolute Gasteiger partial charge is 0.222 e. The molecule has 0 heterocycles. The monoisotopic (exact) mass is 262 g/mol. The van der Waals surface area contributed by atoms with Crippen molar-refractivity contribution in [1.29, 1.82) is 5.26 Å². The molecule has 19 heavy (non-hydrogen) atoms. The van der Waals surface area contributed by atoms with E-state index in [9.17, 15) is 9.18 Å². The summed E-state index contributed by atoms with van der Waals surface area (Å²) in [5.41, 5.74) is 0.944. The number of nitriles is 1. The van der Waals surface area contributed by atoms with Gasteiger partial charge in [0.25, 0.3) is 0 Å². The molecule has 1 amide bonds. The molecule has 0 saturated carbocycles.